The molecule has 4 heteroatoms. The van der Waals surface area contributed by atoms with E-state index in [0.717, 1.165) is 55.8 Å². The maximum Gasteiger partial charge on any atom is 0.233 e. The highest BCUT2D eigenvalue weighted by Crippen LogP contribution is 2.42. The number of carbonyl (C=O) groups is 1. The zero-order valence-electron chi connectivity index (χ0n) is 15.1. The Morgan fingerprint density at radius 1 is 1.04 bits per heavy atom. The highest BCUT2D eigenvalue weighted by Gasteiger charge is 2.45. The summed E-state index contributed by atoms with van der Waals surface area (Å²) < 4.78 is 0. The summed E-state index contributed by atoms with van der Waals surface area (Å²) in [5.41, 5.74) is 0.789. The van der Waals surface area contributed by atoms with Crippen molar-refractivity contribution in [2.24, 2.45) is 0 Å². The largest absolute Gasteiger partial charge is 0.340 e. The van der Waals surface area contributed by atoms with Crippen molar-refractivity contribution in [2.75, 3.05) is 26.2 Å². The van der Waals surface area contributed by atoms with E-state index in [1.807, 2.05) is 18.2 Å². The van der Waals surface area contributed by atoms with Crippen molar-refractivity contribution >= 4 is 17.5 Å². The second kappa shape index (κ2) is 7.28. The highest BCUT2D eigenvalue weighted by molar-refractivity contribution is 6.30. The van der Waals surface area contributed by atoms with E-state index in [1.54, 1.807) is 0 Å². The molecule has 25 heavy (non-hydrogen) atoms. The maximum atomic E-state index is 13.7. The molecule has 1 aliphatic carbocycles. The van der Waals surface area contributed by atoms with Crippen molar-refractivity contribution in [3.8, 4) is 0 Å². The van der Waals surface area contributed by atoms with E-state index in [4.69, 9.17) is 11.6 Å². The van der Waals surface area contributed by atoms with Gasteiger partial charge in [0.15, 0.2) is 0 Å². The van der Waals surface area contributed by atoms with Gasteiger partial charge in [-0.1, -0.05) is 43.0 Å². The van der Waals surface area contributed by atoms with E-state index in [9.17, 15) is 4.79 Å². The fourth-order valence-electron chi connectivity index (χ4n) is 5.20. The predicted molar refractivity (Wildman–Crippen MR) is 102 cm³/mol. The van der Waals surface area contributed by atoms with Gasteiger partial charge in [0.05, 0.1) is 5.41 Å². The minimum atomic E-state index is -0.344. The normalized spacial score (nSPS) is 26.9. The van der Waals surface area contributed by atoms with Crippen LogP contribution in [0.2, 0.25) is 5.02 Å². The van der Waals surface area contributed by atoms with Crippen LogP contribution in [0.3, 0.4) is 0 Å². The molecule has 2 aliphatic heterocycles. The Balaban J connectivity index is 1.56. The fraction of sp³-hybridized carbons (Fsp3) is 0.667. The molecular formula is C21H29ClN2O. The standard InChI is InChI=1S/C21H29ClN2O/c22-18-8-6-7-17(15-18)21(10-2-1-3-11-21)20(25)24-14-9-19(16-24)23-12-4-5-13-23/h6-8,15,19H,1-5,9-14,16H2. The summed E-state index contributed by atoms with van der Waals surface area (Å²) in [6, 6.07) is 8.62. The molecule has 0 radical (unpaired) electrons. The number of likely N-dealkylation sites (tertiary alicyclic amines) is 2. The second-order valence-electron chi connectivity index (χ2n) is 8.09. The molecule has 3 nitrogen and oxygen atoms in total. The van der Waals surface area contributed by atoms with Gasteiger partial charge >= 0.3 is 0 Å². The van der Waals surface area contributed by atoms with Crippen LogP contribution in [0.25, 0.3) is 0 Å². The molecule has 136 valence electrons. The van der Waals surface area contributed by atoms with Gasteiger partial charge in [-0.2, -0.15) is 0 Å². The molecule has 2 saturated heterocycles. The van der Waals surface area contributed by atoms with Crippen molar-refractivity contribution in [1.82, 2.24) is 9.80 Å². The average Bonchev–Trinajstić information content (AvgIpc) is 3.33. The van der Waals surface area contributed by atoms with Gasteiger partial charge in [-0.15, -0.1) is 0 Å². The molecule has 4 rings (SSSR count). The van der Waals surface area contributed by atoms with E-state index < -0.39 is 0 Å². The number of halogens is 1. The highest BCUT2D eigenvalue weighted by atomic mass is 35.5. The van der Waals surface area contributed by atoms with Crippen molar-refractivity contribution in [3.05, 3.63) is 34.9 Å². The van der Waals surface area contributed by atoms with Gasteiger partial charge in [0.1, 0.15) is 0 Å². The lowest BCUT2D eigenvalue weighted by Gasteiger charge is -2.39. The van der Waals surface area contributed by atoms with Gasteiger partial charge in [0.2, 0.25) is 5.91 Å². The van der Waals surface area contributed by atoms with Gasteiger partial charge in [-0.3, -0.25) is 9.69 Å². The summed E-state index contributed by atoms with van der Waals surface area (Å²) in [6.45, 7) is 4.27. The Kier molecular flexibility index (Phi) is 5.06. The Morgan fingerprint density at radius 3 is 2.52 bits per heavy atom. The van der Waals surface area contributed by atoms with E-state index >= 15 is 0 Å². The van der Waals surface area contributed by atoms with Gasteiger partial charge in [0, 0.05) is 24.2 Å². The van der Waals surface area contributed by atoms with Crippen LogP contribution in [-0.4, -0.2) is 47.9 Å². The molecule has 1 amide bonds. The van der Waals surface area contributed by atoms with Gasteiger partial charge in [-0.25, -0.2) is 0 Å². The Bertz CT molecular complexity index is 620. The number of amides is 1. The van der Waals surface area contributed by atoms with Crippen molar-refractivity contribution < 1.29 is 4.79 Å². The molecular weight excluding hydrogens is 332 g/mol. The first-order valence-corrected chi connectivity index (χ1v) is 10.4. The summed E-state index contributed by atoms with van der Waals surface area (Å²) in [5, 5.41) is 0.742. The zero-order chi connectivity index (χ0) is 17.3. The van der Waals surface area contributed by atoms with Gasteiger partial charge in [0.25, 0.3) is 0 Å². The summed E-state index contributed by atoms with van der Waals surface area (Å²) >= 11 is 6.27. The monoisotopic (exact) mass is 360 g/mol. The summed E-state index contributed by atoms with van der Waals surface area (Å²) in [4.78, 5) is 18.4. The molecule has 1 unspecified atom stereocenters. The Morgan fingerprint density at radius 2 is 1.80 bits per heavy atom. The molecule has 0 aromatic heterocycles. The van der Waals surface area contributed by atoms with Crippen molar-refractivity contribution in [2.45, 2.75) is 62.8 Å². The lowest BCUT2D eigenvalue weighted by atomic mass is 9.68. The molecule has 0 N–H and O–H groups in total. The summed E-state index contributed by atoms with van der Waals surface area (Å²) in [6.07, 6.45) is 9.23. The third-order valence-electron chi connectivity index (χ3n) is 6.60. The zero-order valence-corrected chi connectivity index (χ0v) is 15.8. The van der Waals surface area contributed by atoms with Crippen molar-refractivity contribution in [1.29, 1.82) is 0 Å². The topological polar surface area (TPSA) is 23.6 Å². The third-order valence-corrected chi connectivity index (χ3v) is 6.84. The first-order valence-electron chi connectivity index (χ1n) is 9.98. The van der Waals surface area contributed by atoms with Crippen LogP contribution in [0, 0.1) is 0 Å². The SMILES string of the molecule is O=C(N1CCC(N2CCCC2)C1)C1(c2cccc(Cl)c2)CCCCC1. The molecule has 3 aliphatic rings. The van der Waals surface area contributed by atoms with E-state index in [-0.39, 0.29) is 5.41 Å². The number of carbonyl (C=O) groups excluding carboxylic acids is 1. The summed E-state index contributed by atoms with van der Waals surface area (Å²) in [5.74, 6) is 0.358. The number of benzene rings is 1. The lowest BCUT2D eigenvalue weighted by molar-refractivity contribution is -0.138. The van der Waals surface area contributed by atoms with Crippen LogP contribution >= 0.6 is 11.6 Å². The molecule has 1 atom stereocenters. The average molecular weight is 361 g/mol. The molecule has 1 aromatic rings. The van der Waals surface area contributed by atoms with Gasteiger partial charge < -0.3 is 4.90 Å². The number of hydrogen-bond donors (Lipinski definition) is 0. The first-order chi connectivity index (χ1) is 12.2. The van der Waals surface area contributed by atoms with Crippen LogP contribution in [0.15, 0.2) is 24.3 Å². The maximum absolute atomic E-state index is 13.7. The number of nitrogens with zero attached hydrogens (tertiary/aromatic N) is 2. The molecule has 1 aromatic carbocycles. The van der Waals surface area contributed by atoms with E-state index in [0.29, 0.717) is 11.9 Å². The minimum Gasteiger partial charge on any atom is -0.340 e. The van der Waals surface area contributed by atoms with Crippen molar-refractivity contribution in [3.63, 3.8) is 0 Å². The molecule has 0 spiro atoms. The third kappa shape index (κ3) is 3.33. The lowest BCUT2D eigenvalue weighted by Crippen LogP contribution is -2.48. The second-order valence-corrected chi connectivity index (χ2v) is 8.53. The Hall–Kier alpha value is -1.06. The number of rotatable bonds is 3. The van der Waals surface area contributed by atoms with Crippen LogP contribution < -0.4 is 0 Å². The molecule has 2 heterocycles. The Labute approximate surface area is 156 Å². The van der Waals surface area contributed by atoms with Crippen LogP contribution in [0.1, 0.15) is 56.9 Å². The van der Waals surface area contributed by atoms with Gasteiger partial charge in [-0.05, 0) is 62.9 Å². The van der Waals surface area contributed by atoms with Crippen LogP contribution in [0.5, 0.6) is 0 Å². The van der Waals surface area contributed by atoms with E-state index in [1.165, 1.54) is 32.4 Å². The summed E-state index contributed by atoms with van der Waals surface area (Å²) in [7, 11) is 0. The van der Waals surface area contributed by atoms with Crippen LogP contribution in [0.4, 0.5) is 0 Å². The fourth-order valence-corrected chi connectivity index (χ4v) is 5.39. The first kappa shape index (κ1) is 17.4. The molecule has 3 fully saturated rings. The quantitative estimate of drug-likeness (QED) is 0.804. The number of hydrogen-bond acceptors (Lipinski definition) is 2. The minimum absolute atomic E-state index is 0.344. The molecule has 0 bridgehead atoms. The van der Waals surface area contributed by atoms with Crippen LogP contribution in [-0.2, 0) is 10.2 Å². The van der Waals surface area contributed by atoms with E-state index in [2.05, 4.69) is 15.9 Å². The smallest absolute Gasteiger partial charge is 0.233 e. The molecule has 1 saturated carbocycles. The predicted octanol–water partition coefficient (Wildman–Crippen LogP) is 4.24.